The van der Waals surface area contributed by atoms with Gasteiger partial charge in [0.05, 0.1) is 10.6 Å². The van der Waals surface area contributed by atoms with E-state index < -0.39 is 20.6 Å². The Morgan fingerprint density at radius 2 is 1.72 bits per heavy atom. The van der Waals surface area contributed by atoms with Gasteiger partial charge in [-0.2, -0.15) is 9.40 Å². The van der Waals surface area contributed by atoms with Crippen LogP contribution in [0.15, 0.2) is 41.3 Å². The number of aromatic nitrogens is 2. The molecule has 1 aromatic carbocycles. The minimum absolute atomic E-state index is 0.226. The van der Waals surface area contributed by atoms with Crippen LogP contribution in [0.5, 0.6) is 0 Å². The maximum atomic E-state index is 12.8. The number of rotatable bonds is 4. The monoisotopic (exact) mass is 363 g/mol. The summed E-state index contributed by atoms with van der Waals surface area (Å²) in [5.74, 6) is 0.688. The lowest BCUT2D eigenvalue weighted by Gasteiger charge is -2.34. The summed E-state index contributed by atoms with van der Waals surface area (Å²) in [6.45, 7) is 3.18. The van der Waals surface area contributed by atoms with Crippen LogP contribution in [-0.2, 0) is 10.0 Å². The SMILES string of the molecule is Cc1ccc(N2CCN(S(=O)(=O)c3ccccc3[N+](=O)[O-])CC2)nn1. The van der Waals surface area contributed by atoms with Crippen molar-refractivity contribution in [1.82, 2.24) is 14.5 Å². The number of hydrogen-bond acceptors (Lipinski definition) is 7. The first-order chi connectivity index (χ1) is 11.9. The van der Waals surface area contributed by atoms with E-state index in [1.165, 1.54) is 28.6 Å². The normalized spacial score (nSPS) is 16.0. The minimum atomic E-state index is -3.92. The van der Waals surface area contributed by atoms with E-state index in [-0.39, 0.29) is 18.0 Å². The van der Waals surface area contributed by atoms with Crippen molar-refractivity contribution in [3.8, 4) is 0 Å². The summed E-state index contributed by atoms with van der Waals surface area (Å²) in [6, 6.07) is 9.09. The molecule has 3 rings (SSSR count). The molecular weight excluding hydrogens is 346 g/mol. The molecule has 0 saturated carbocycles. The van der Waals surface area contributed by atoms with E-state index in [0.29, 0.717) is 18.9 Å². The molecule has 0 atom stereocenters. The molecular formula is C15H17N5O4S. The van der Waals surface area contributed by atoms with Gasteiger partial charge in [0.15, 0.2) is 10.7 Å². The molecule has 0 radical (unpaired) electrons. The Balaban J connectivity index is 1.78. The average Bonchev–Trinajstić information content (AvgIpc) is 2.62. The lowest BCUT2D eigenvalue weighted by Crippen LogP contribution is -2.49. The summed E-state index contributed by atoms with van der Waals surface area (Å²) in [6.07, 6.45) is 0. The van der Waals surface area contributed by atoms with Crippen molar-refractivity contribution in [2.75, 3.05) is 31.1 Å². The Bertz CT molecular complexity index is 877. The second-order valence-electron chi connectivity index (χ2n) is 5.65. The van der Waals surface area contributed by atoms with Crippen molar-refractivity contribution in [2.45, 2.75) is 11.8 Å². The molecule has 1 aromatic heterocycles. The van der Waals surface area contributed by atoms with Gasteiger partial charge in [0.25, 0.3) is 5.69 Å². The van der Waals surface area contributed by atoms with Crippen molar-refractivity contribution in [3.63, 3.8) is 0 Å². The van der Waals surface area contributed by atoms with Crippen LogP contribution in [0.25, 0.3) is 0 Å². The first-order valence-electron chi connectivity index (χ1n) is 7.68. The number of aryl methyl sites for hydroxylation is 1. The highest BCUT2D eigenvalue weighted by atomic mass is 32.2. The van der Waals surface area contributed by atoms with Crippen molar-refractivity contribution in [3.05, 3.63) is 52.2 Å². The van der Waals surface area contributed by atoms with Gasteiger partial charge in [0, 0.05) is 32.2 Å². The van der Waals surface area contributed by atoms with Gasteiger partial charge in [-0.15, -0.1) is 5.10 Å². The number of nitro groups is 1. The van der Waals surface area contributed by atoms with Crippen LogP contribution in [0.3, 0.4) is 0 Å². The standard InChI is InChI=1S/C15H17N5O4S/c1-12-6-7-15(17-16-12)18-8-10-19(11-9-18)25(23,24)14-5-3-2-4-13(14)20(21)22/h2-7H,8-11H2,1H3. The largest absolute Gasteiger partial charge is 0.352 e. The predicted molar refractivity (Wildman–Crippen MR) is 90.8 cm³/mol. The number of para-hydroxylation sites is 1. The fourth-order valence-electron chi connectivity index (χ4n) is 2.68. The van der Waals surface area contributed by atoms with Crippen LogP contribution < -0.4 is 4.90 Å². The third kappa shape index (κ3) is 3.44. The molecule has 2 aromatic rings. The van der Waals surface area contributed by atoms with Gasteiger partial charge in [-0.3, -0.25) is 10.1 Å². The average molecular weight is 363 g/mol. The number of nitro benzene ring substituents is 1. The van der Waals surface area contributed by atoms with Crippen LogP contribution >= 0.6 is 0 Å². The van der Waals surface area contributed by atoms with Gasteiger partial charge in [-0.1, -0.05) is 12.1 Å². The summed E-state index contributed by atoms with van der Waals surface area (Å²) in [7, 11) is -3.92. The van der Waals surface area contributed by atoms with Gasteiger partial charge >= 0.3 is 0 Å². The maximum Gasteiger partial charge on any atom is 0.289 e. The summed E-state index contributed by atoms with van der Waals surface area (Å²) >= 11 is 0. The van der Waals surface area contributed by atoms with Crippen molar-refractivity contribution >= 4 is 21.5 Å². The van der Waals surface area contributed by atoms with Crippen LogP contribution in [0, 0.1) is 17.0 Å². The number of sulfonamides is 1. The van der Waals surface area contributed by atoms with Crippen LogP contribution in [0.2, 0.25) is 0 Å². The lowest BCUT2D eigenvalue weighted by atomic mass is 10.3. The Kier molecular flexibility index (Phi) is 4.64. The van der Waals surface area contributed by atoms with Gasteiger partial charge in [-0.05, 0) is 25.1 Å². The zero-order chi connectivity index (χ0) is 18.0. The summed E-state index contributed by atoms with van der Waals surface area (Å²) in [5.41, 5.74) is 0.399. The molecule has 9 nitrogen and oxygen atoms in total. The third-order valence-electron chi connectivity index (χ3n) is 4.03. The topological polar surface area (TPSA) is 110 Å². The van der Waals surface area contributed by atoms with E-state index in [1.54, 1.807) is 0 Å². The second kappa shape index (κ2) is 6.73. The molecule has 2 heterocycles. The molecule has 0 unspecified atom stereocenters. The van der Waals surface area contributed by atoms with Gasteiger partial charge in [-0.25, -0.2) is 8.42 Å². The zero-order valence-corrected chi connectivity index (χ0v) is 14.4. The summed E-state index contributed by atoms with van der Waals surface area (Å²) in [4.78, 5) is 12.1. The number of anilines is 1. The molecule has 132 valence electrons. The number of hydrogen-bond donors (Lipinski definition) is 0. The van der Waals surface area contributed by atoms with Crippen molar-refractivity contribution in [2.24, 2.45) is 0 Å². The molecule has 1 aliphatic heterocycles. The van der Waals surface area contributed by atoms with Gasteiger partial charge < -0.3 is 4.90 Å². The highest BCUT2D eigenvalue weighted by Crippen LogP contribution is 2.27. The fourth-order valence-corrected chi connectivity index (χ4v) is 4.26. The zero-order valence-electron chi connectivity index (χ0n) is 13.6. The molecule has 1 fully saturated rings. The first-order valence-corrected chi connectivity index (χ1v) is 9.12. The predicted octanol–water partition coefficient (Wildman–Crippen LogP) is 1.20. The Morgan fingerprint density at radius 3 is 2.32 bits per heavy atom. The van der Waals surface area contributed by atoms with E-state index in [9.17, 15) is 18.5 Å². The van der Waals surface area contributed by atoms with Crippen LogP contribution in [-0.4, -0.2) is 54.0 Å². The van der Waals surface area contributed by atoms with Crippen LogP contribution in [0.4, 0.5) is 11.5 Å². The smallest absolute Gasteiger partial charge is 0.289 e. The quantitative estimate of drug-likeness (QED) is 0.593. The molecule has 0 spiro atoms. The highest BCUT2D eigenvalue weighted by molar-refractivity contribution is 7.89. The van der Waals surface area contributed by atoms with E-state index in [2.05, 4.69) is 10.2 Å². The van der Waals surface area contributed by atoms with Gasteiger partial charge in [0.2, 0.25) is 10.0 Å². The molecule has 1 saturated heterocycles. The number of benzene rings is 1. The third-order valence-corrected chi connectivity index (χ3v) is 5.97. The van der Waals surface area contributed by atoms with Crippen molar-refractivity contribution < 1.29 is 13.3 Å². The molecule has 0 bridgehead atoms. The lowest BCUT2D eigenvalue weighted by molar-refractivity contribution is -0.387. The Labute approximate surface area is 145 Å². The maximum absolute atomic E-state index is 12.8. The van der Waals surface area contributed by atoms with Crippen molar-refractivity contribution in [1.29, 1.82) is 0 Å². The number of piperazine rings is 1. The second-order valence-corrected chi connectivity index (χ2v) is 7.56. The molecule has 0 aliphatic carbocycles. The molecule has 1 aliphatic rings. The highest BCUT2D eigenvalue weighted by Gasteiger charge is 2.33. The van der Waals surface area contributed by atoms with Crippen LogP contribution in [0.1, 0.15) is 5.69 Å². The minimum Gasteiger partial charge on any atom is -0.352 e. The molecule has 0 amide bonds. The Hall–Kier alpha value is -2.59. The van der Waals surface area contributed by atoms with E-state index in [1.807, 2.05) is 24.0 Å². The molecule has 25 heavy (non-hydrogen) atoms. The molecule has 10 heteroatoms. The molecule has 0 N–H and O–H groups in total. The van der Waals surface area contributed by atoms with E-state index in [0.717, 1.165) is 5.69 Å². The van der Waals surface area contributed by atoms with E-state index in [4.69, 9.17) is 0 Å². The number of nitrogens with zero attached hydrogens (tertiary/aromatic N) is 5. The summed E-state index contributed by atoms with van der Waals surface area (Å²) in [5, 5.41) is 19.2. The van der Waals surface area contributed by atoms with E-state index >= 15 is 0 Å². The Morgan fingerprint density at radius 1 is 1.04 bits per heavy atom. The summed E-state index contributed by atoms with van der Waals surface area (Å²) < 4.78 is 26.8. The first kappa shape index (κ1) is 17.2. The fraction of sp³-hybridized carbons (Fsp3) is 0.333. The van der Waals surface area contributed by atoms with Gasteiger partial charge in [0.1, 0.15) is 0 Å².